The molecular formula is C11H16N2O. The topological polar surface area (TPSA) is 45.0 Å². The van der Waals surface area contributed by atoms with E-state index in [9.17, 15) is 0 Å². The summed E-state index contributed by atoms with van der Waals surface area (Å²) in [5.41, 5.74) is 4.87. The van der Waals surface area contributed by atoms with E-state index < -0.39 is 0 Å². The number of nitriles is 1. The summed E-state index contributed by atoms with van der Waals surface area (Å²) in [6.45, 7) is 0. The van der Waals surface area contributed by atoms with Crippen molar-refractivity contribution in [2.45, 2.75) is 51.0 Å². The third kappa shape index (κ3) is 2.08. The molecule has 1 fully saturated rings. The molecule has 0 aromatic carbocycles. The van der Waals surface area contributed by atoms with Crippen molar-refractivity contribution in [2.75, 3.05) is 0 Å². The number of allylic oxidation sites excluding steroid dienone is 2. The molecule has 0 heterocycles. The van der Waals surface area contributed by atoms with E-state index in [4.69, 9.17) is 10.1 Å². The summed E-state index contributed by atoms with van der Waals surface area (Å²) < 4.78 is 0. The lowest BCUT2D eigenvalue weighted by atomic mass is 10.2. The molecule has 2 rings (SSSR count). The Bertz CT molecular complexity index is 272. The Kier molecular flexibility index (Phi) is 3.05. The van der Waals surface area contributed by atoms with E-state index in [0.29, 0.717) is 6.10 Å². The molecule has 0 spiro atoms. The molecule has 1 N–H and O–H groups in total. The monoisotopic (exact) mass is 192 g/mol. The maximum atomic E-state index is 8.82. The lowest BCUT2D eigenvalue weighted by Gasteiger charge is -2.13. The smallest absolute Gasteiger partial charge is 0.0966 e. The summed E-state index contributed by atoms with van der Waals surface area (Å²) in [6, 6.07) is 2.23. The average molecular weight is 192 g/mol. The molecule has 3 heteroatoms. The Morgan fingerprint density at radius 3 is 2.71 bits per heavy atom. The molecule has 0 aromatic heterocycles. The normalized spacial score (nSPS) is 22.8. The van der Waals surface area contributed by atoms with Crippen LogP contribution in [0.4, 0.5) is 0 Å². The lowest BCUT2D eigenvalue weighted by molar-refractivity contribution is -0.00447. The quantitative estimate of drug-likeness (QED) is 0.698. The van der Waals surface area contributed by atoms with Crippen LogP contribution in [-0.4, -0.2) is 6.10 Å². The van der Waals surface area contributed by atoms with E-state index in [1.54, 1.807) is 0 Å². The van der Waals surface area contributed by atoms with E-state index in [-0.39, 0.29) is 0 Å². The summed E-state index contributed by atoms with van der Waals surface area (Å²) in [4.78, 5) is 5.56. The standard InChI is InChI=1S/C11H16N2O/c12-8-9-4-3-7-11(9)13-14-10-5-1-2-6-10/h10,13H,1-7H2. The Balaban J connectivity index is 1.82. The predicted octanol–water partition coefficient (Wildman–Crippen LogP) is 2.41. The van der Waals surface area contributed by atoms with Crippen molar-refractivity contribution >= 4 is 0 Å². The van der Waals surface area contributed by atoms with Gasteiger partial charge in [-0.1, -0.05) is 12.8 Å². The van der Waals surface area contributed by atoms with Gasteiger partial charge in [0.2, 0.25) is 0 Å². The summed E-state index contributed by atoms with van der Waals surface area (Å²) in [6.07, 6.45) is 8.18. The highest BCUT2D eigenvalue weighted by atomic mass is 16.7. The van der Waals surface area contributed by atoms with Crippen molar-refractivity contribution in [2.24, 2.45) is 0 Å². The van der Waals surface area contributed by atoms with Crippen LogP contribution in [0.1, 0.15) is 44.9 Å². The van der Waals surface area contributed by atoms with Crippen LogP contribution in [0.5, 0.6) is 0 Å². The number of nitrogens with one attached hydrogen (secondary N) is 1. The Hall–Kier alpha value is -1.01. The van der Waals surface area contributed by atoms with E-state index in [1.807, 2.05) is 0 Å². The molecule has 0 aliphatic heterocycles. The predicted molar refractivity (Wildman–Crippen MR) is 53.0 cm³/mol. The number of hydrogen-bond donors (Lipinski definition) is 1. The van der Waals surface area contributed by atoms with Gasteiger partial charge in [0.15, 0.2) is 0 Å². The van der Waals surface area contributed by atoms with Crippen LogP contribution in [0.2, 0.25) is 0 Å². The highest BCUT2D eigenvalue weighted by Gasteiger charge is 2.19. The number of rotatable bonds is 3. The first-order chi connectivity index (χ1) is 6.90. The Labute approximate surface area is 84.7 Å². The fourth-order valence-electron chi connectivity index (χ4n) is 2.14. The van der Waals surface area contributed by atoms with Gasteiger partial charge in [0.25, 0.3) is 0 Å². The minimum absolute atomic E-state index is 0.364. The summed E-state index contributed by atoms with van der Waals surface area (Å²) in [5.74, 6) is 0. The molecule has 0 unspecified atom stereocenters. The van der Waals surface area contributed by atoms with E-state index >= 15 is 0 Å². The van der Waals surface area contributed by atoms with Crippen LogP contribution in [0.15, 0.2) is 11.3 Å². The van der Waals surface area contributed by atoms with Gasteiger partial charge in [-0.25, -0.2) is 0 Å². The second-order valence-corrected chi connectivity index (χ2v) is 4.05. The molecule has 1 saturated carbocycles. The van der Waals surface area contributed by atoms with Gasteiger partial charge in [0.1, 0.15) is 0 Å². The Morgan fingerprint density at radius 1 is 1.21 bits per heavy atom. The summed E-state index contributed by atoms with van der Waals surface area (Å²) in [5, 5.41) is 8.82. The zero-order chi connectivity index (χ0) is 9.80. The van der Waals surface area contributed by atoms with Crippen LogP contribution in [0.3, 0.4) is 0 Å². The summed E-state index contributed by atoms with van der Waals surface area (Å²) in [7, 11) is 0. The first-order valence-corrected chi connectivity index (χ1v) is 5.44. The molecule has 0 saturated heterocycles. The van der Waals surface area contributed by atoms with E-state index in [1.165, 1.54) is 12.8 Å². The van der Waals surface area contributed by atoms with E-state index in [0.717, 1.165) is 43.4 Å². The van der Waals surface area contributed by atoms with Gasteiger partial charge in [0.05, 0.1) is 23.4 Å². The van der Waals surface area contributed by atoms with Crippen molar-refractivity contribution in [3.63, 3.8) is 0 Å². The first-order valence-electron chi connectivity index (χ1n) is 5.44. The van der Waals surface area contributed by atoms with Crippen molar-refractivity contribution in [1.29, 1.82) is 5.26 Å². The van der Waals surface area contributed by atoms with Gasteiger partial charge in [0, 0.05) is 0 Å². The maximum Gasteiger partial charge on any atom is 0.0966 e. The highest BCUT2D eigenvalue weighted by molar-refractivity contribution is 5.29. The van der Waals surface area contributed by atoms with Crippen LogP contribution in [-0.2, 0) is 4.84 Å². The molecule has 0 bridgehead atoms. The Morgan fingerprint density at radius 2 is 2.00 bits per heavy atom. The van der Waals surface area contributed by atoms with Gasteiger partial charge in [-0.2, -0.15) is 5.26 Å². The van der Waals surface area contributed by atoms with Crippen molar-refractivity contribution in [3.8, 4) is 6.07 Å². The van der Waals surface area contributed by atoms with Gasteiger partial charge < -0.3 is 0 Å². The van der Waals surface area contributed by atoms with Crippen LogP contribution < -0.4 is 5.48 Å². The molecule has 0 aromatic rings. The van der Waals surface area contributed by atoms with Gasteiger partial charge in [-0.05, 0) is 32.1 Å². The average Bonchev–Trinajstić information content (AvgIpc) is 2.85. The van der Waals surface area contributed by atoms with Crippen molar-refractivity contribution < 1.29 is 4.84 Å². The molecular weight excluding hydrogens is 176 g/mol. The van der Waals surface area contributed by atoms with Gasteiger partial charge in [-0.15, -0.1) is 0 Å². The van der Waals surface area contributed by atoms with Crippen LogP contribution in [0, 0.1) is 11.3 Å². The van der Waals surface area contributed by atoms with Crippen LogP contribution >= 0.6 is 0 Å². The molecule has 0 atom stereocenters. The molecule has 0 amide bonds. The highest BCUT2D eigenvalue weighted by Crippen LogP contribution is 2.25. The van der Waals surface area contributed by atoms with Gasteiger partial charge in [-0.3, -0.25) is 10.3 Å². The second-order valence-electron chi connectivity index (χ2n) is 4.05. The first kappa shape index (κ1) is 9.54. The maximum absolute atomic E-state index is 8.82. The fraction of sp³-hybridized carbons (Fsp3) is 0.727. The zero-order valence-corrected chi connectivity index (χ0v) is 8.38. The lowest BCUT2D eigenvalue weighted by Crippen LogP contribution is -2.21. The van der Waals surface area contributed by atoms with Crippen LogP contribution in [0.25, 0.3) is 0 Å². The largest absolute Gasteiger partial charge is 0.273 e. The third-order valence-electron chi connectivity index (χ3n) is 3.00. The van der Waals surface area contributed by atoms with Crippen molar-refractivity contribution in [3.05, 3.63) is 11.3 Å². The molecule has 3 nitrogen and oxygen atoms in total. The molecule has 0 radical (unpaired) electrons. The number of hydrogen-bond acceptors (Lipinski definition) is 3. The molecule has 76 valence electrons. The molecule has 2 aliphatic carbocycles. The van der Waals surface area contributed by atoms with Gasteiger partial charge >= 0.3 is 0 Å². The second kappa shape index (κ2) is 4.47. The summed E-state index contributed by atoms with van der Waals surface area (Å²) >= 11 is 0. The zero-order valence-electron chi connectivity index (χ0n) is 8.38. The SMILES string of the molecule is N#CC1=C(NOC2CCCC2)CCC1. The van der Waals surface area contributed by atoms with Crippen molar-refractivity contribution in [1.82, 2.24) is 5.48 Å². The molecule has 2 aliphatic rings. The fourth-order valence-corrected chi connectivity index (χ4v) is 2.14. The molecule has 14 heavy (non-hydrogen) atoms. The minimum atomic E-state index is 0.364. The third-order valence-corrected chi connectivity index (χ3v) is 3.00. The number of nitrogens with zero attached hydrogens (tertiary/aromatic N) is 1. The minimum Gasteiger partial charge on any atom is -0.273 e. The number of hydroxylamine groups is 1. The van der Waals surface area contributed by atoms with E-state index in [2.05, 4.69) is 11.5 Å².